The summed E-state index contributed by atoms with van der Waals surface area (Å²) in [6, 6.07) is 4.18. The van der Waals surface area contributed by atoms with E-state index in [1.165, 1.54) is 18.2 Å². The molecule has 2 rings (SSSR count). The highest BCUT2D eigenvalue weighted by Crippen LogP contribution is 2.20. The molecule has 5 heteroatoms. The summed E-state index contributed by atoms with van der Waals surface area (Å²) in [7, 11) is 0. The molecule has 0 saturated carbocycles. The van der Waals surface area contributed by atoms with Crippen molar-refractivity contribution in [3.8, 4) is 0 Å². The number of piperidine rings is 1. The van der Waals surface area contributed by atoms with E-state index in [2.05, 4.69) is 10.6 Å². The molecule has 0 bridgehead atoms. The number of nitrogens with one attached hydrogen (secondary N) is 2. The van der Waals surface area contributed by atoms with E-state index in [1.807, 2.05) is 0 Å². The van der Waals surface area contributed by atoms with Gasteiger partial charge in [0.25, 0.3) is 0 Å². The average molecular weight is 257 g/mol. The monoisotopic (exact) mass is 256 g/mol. The molecule has 1 fully saturated rings. The Balaban J connectivity index is 1.99. The maximum Gasteiger partial charge on any atom is 0.228 e. The van der Waals surface area contributed by atoms with E-state index in [-0.39, 0.29) is 16.8 Å². The Kier molecular flexibility index (Phi) is 3.97. The molecule has 1 heterocycles. The lowest BCUT2D eigenvalue weighted by atomic mass is 9.99. The van der Waals surface area contributed by atoms with Crippen molar-refractivity contribution in [2.24, 2.45) is 5.92 Å². The van der Waals surface area contributed by atoms with Gasteiger partial charge in [0.1, 0.15) is 5.82 Å². The van der Waals surface area contributed by atoms with Gasteiger partial charge in [0.2, 0.25) is 5.91 Å². The van der Waals surface area contributed by atoms with Gasteiger partial charge >= 0.3 is 0 Å². The molecule has 3 nitrogen and oxygen atoms in total. The lowest BCUT2D eigenvalue weighted by Gasteiger charge is -2.21. The predicted octanol–water partition coefficient (Wildman–Crippen LogP) is 2.42. The third-order valence-corrected chi connectivity index (χ3v) is 3.14. The summed E-state index contributed by atoms with van der Waals surface area (Å²) in [6.07, 6.45) is 1.88. The third-order valence-electron chi connectivity index (χ3n) is 2.85. The van der Waals surface area contributed by atoms with Crippen molar-refractivity contribution in [3.63, 3.8) is 0 Å². The molecule has 1 aromatic rings. The first-order chi connectivity index (χ1) is 8.16. The van der Waals surface area contributed by atoms with Crippen molar-refractivity contribution in [2.45, 2.75) is 12.8 Å². The number of anilines is 1. The van der Waals surface area contributed by atoms with Crippen LogP contribution in [0.2, 0.25) is 5.02 Å². The second kappa shape index (κ2) is 5.47. The van der Waals surface area contributed by atoms with Crippen molar-refractivity contribution in [2.75, 3.05) is 18.4 Å². The fraction of sp³-hybridized carbons (Fsp3) is 0.417. The van der Waals surface area contributed by atoms with Crippen molar-refractivity contribution in [1.82, 2.24) is 5.32 Å². The van der Waals surface area contributed by atoms with E-state index >= 15 is 0 Å². The summed E-state index contributed by atoms with van der Waals surface area (Å²) in [5, 5.41) is 5.94. The molecule has 0 unspecified atom stereocenters. The Labute approximate surface area is 104 Å². The second-order valence-electron chi connectivity index (χ2n) is 4.16. The van der Waals surface area contributed by atoms with Crippen LogP contribution in [0.15, 0.2) is 18.2 Å². The zero-order valence-corrected chi connectivity index (χ0v) is 10.1. The molecule has 2 N–H and O–H groups in total. The molecule has 0 aliphatic carbocycles. The molecule has 1 saturated heterocycles. The maximum absolute atomic E-state index is 12.9. The van der Waals surface area contributed by atoms with Gasteiger partial charge in [-0.25, -0.2) is 4.39 Å². The van der Waals surface area contributed by atoms with Crippen LogP contribution in [-0.2, 0) is 4.79 Å². The molecular weight excluding hydrogens is 243 g/mol. The molecule has 1 aliphatic heterocycles. The Morgan fingerprint density at radius 3 is 3.00 bits per heavy atom. The van der Waals surface area contributed by atoms with Gasteiger partial charge in [-0.3, -0.25) is 4.79 Å². The minimum Gasteiger partial charge on any atom is -0.326 e. The smallest absolute Gasteiger partial charge is 0.228 e. The van der Waals surface area contributed by atoms with Gasteiger partial charge in [-0.2, -0.15) is 0 Å². The average Bonchev–Trinajstić information content (AvgIpc) is 2.35. The van der Waals surface area contributed by atoms with Crippen molar-refractivity contribution in [1.29, 1.82) is 0 Å². The van der Waals surface area contributed by atoms with E-state index in [1.54, 1.807) is 0 Å². The molecule has 1 aliphatic rings. The largest absolute Gasteiger partial charge is 0.326 e. The molecule has 1 atom stereocenters. The zero-order valence-electron chi connectivity index (χ0n) is 9.30. The minimum absolute atomic E-state index is 0.0181. The van der Waals surface area contributed by atoms with Gasteiger partial charge in [-0.05, 0) is 37.6 Å². The van der Waals surface area contributed by atoms with Gasteiger partial charge in [0, 0.05) is 12.2 Å². The van der Waals surface area contributed by atoms with E-state index < -0.39 is 5.82 Å². The third kappa shape index (κ3) is 3.17. The predicted molar refractivity (Wildman–Crippen MR) is 65.6 cm³/mol. The lowest BCUT2D eigenvalue weighted by Crippen LogP contribution is -2.37. The van der Waals surface area contributed by atoms with E-state index in [0.29, 0.717) is 12.2 Å². The first-order valence-electron chi connectivity index (χ1n) is 5.63. The van der Waals surface area contributed by atoms with Crippen LogP contribution in [-0.4, -0.2) is 19.0 Å². The standard InChI is InChI=1S/C12H14ClFN2O/c13-10-6-9(3-4-11(10)14)16-12(17)8-2-1-5-15-7-8/h3-4,6,8,15H,1-2,5,7H2,(H,16,17)/t8-/m0/s1. The van der Waals surface area contributed by atoms with Gasteiger partial charge in [0.15, 0.2) is 0 Å². The summed E-state index contributed by atoms with van der Waals surface area (Å²) >= 11 is 5.64. The van der Waals surface area contributed by atoms with Crippen LogP contribution in [0.5, 0.6) is 0 Å². The van der Waals surface area contributed by atoms with E-state index in [9.17, 15) is 9.18 Å². The van der Waals surface area contributed by atoms with Crippen LogP contribution in [0, 0.1) is 11.7 Å². The van der Waals surface area contributed by atoms with Crippen LogP contribution in [0.4, 0.5) is 10.1 Å². The number of carbonyl (C=O) groups is 1. The van der Waals surface area contributed by atoms with Crippen molar-refractivity contribution < 1.29 is 9.18 Å². The summed E-state index contributed by atoms with van der Waals surface area (Å²) < 4.78 is 12.9. The number of rotatable bonds is 2. The summed E-state index contributed by atoms with van der Waals surface area (Å²) in [4.78, 5) is 11.9. The highest BCUT2D eigenvalue weighted by Gasteiger charge is 2.20. The van der Waals surface area contributed by atoms with Crippen LogP contribution < -0.4 is 10.6 Å². The summed E-state index contributed by atoms with van der Waals surface area (Å²) in [5.41, 5.74) is 0.534. The Hall–Kier alpha value is -1.13. The molecule has 1 aromatic carbocycles. The first-order valence-corrected chi connectivity index (χ1v) is 6.01. The highest BCUT2D eigenvalue weighted by atomic mass is 35.5. The zero-order chi connectivity index (χ0) is 12.3. The SMILES string of the molecule is O=C(Nc1ccc(F)c(Cl)c1)[C@H]1CCCNC1. The van der Waals surface area contributed by atoms with Crippen LogP contribution >= 0.6 is 11.6 Å². The van der Waals surface area contributed by atoms with Gasteiger partial charge in [-0.1, -0.05) is 11.6 Å². The van der Waals surface area contributed by atoms with E-state index in [0.717, 1.165) is 19.4 Å². The van der Waals surface area contributed by atoms with Gasteiger partial charge < -0.3 is 10.6 Å². The minimum atomic E-state index is -0.482. The topological polar surface area (TPSA) is 41.1 Å². The number of hydrogen-bond acceptors (Lipinski definition) is 2. The maximum atomic E-state index is 12.9. The number of benzene rings is 1. The Morgan fingerprint density at radius 2 is 2.35 bits per heavy atom. The van der Waals surface area contributed by atoms with Gasteiger partial charge in [-0.15, -0.1) is 0 Å². The second-order valence-corrected chi connectivity index (χ2v) is 4.57. The highest BCUT2D eigenvalue weighted by molar-refractivity contribution is 6.31. The van der Waals surface area contributed by atoms with Crippen LogP contribution in [0.25, 0.3) is 0 Å². The Bertz CT molecular complexity index is 419. The number of amides is 1. The lowest BCUT2D eigenvalue weighted by molar-refractivity contribution is -0.120. The Morgan fingerprint density at radius 1 is 1.53 bits per heavy atom. The molecule has 92 valence electrons. The van der Waals surface area contributed by atoms with E-state index in [4.69, 9.17) is 11.6 Å². The summed E-state index contributed by atoms with van der Waals surface area (Å²) in [6.45, 7) is 1.66. The first kappa shape index (κ1) is 12.3. The van der Waals surface area contributed by atoms with Crippen LogP contribution in [0.3, 0.4) is 0 Å². The molecule has 1 amide bonds. The van der Waals surface area contributed by atoms with Crippen LogP contribution in [0.1, 0.15) is 12.8 Å². The van der Waals surface area contributed by atoms with Gasteiger partial charge in [0.05, 0.1) is 10.9 Å². The molecular formula is C12H14ClFN2O. The quantitative estimate of drug-likeness (QED) is 0.853. The number of halogens is 2. The fourth-order valence-corrected chi connectivity index (χ4v) is 2.07. The normalized spacial score (nSPS) is 20.0. The number of carbonyl (C=O) groups excluding carboxylic acids is 1. The summed E-state index contributed by atoms with van der Waals surface area (Å²) in [5.74, 6) is -0.545. The molecule has 0 radical (unpaired) electrons. The fourth-order valence-electron chi connectivity index (χ4n) is 1.89. The number of hydrogen-bond donors (Lipinski definition) is 2. The van der Waals surface area contributed by atoms with Crippen molar-refractivity contribution in [3.05, 3.63) is 29.0 Å². The molecule has 17 heavy (non-hydrogen) atoms. The van der Waals surface area contributed by atoms with Crippen molar-refractivity contribution >= 4 is 23.2 Å². The molecule has 0 spiro atoms. The molecule has 0 aromatic heterocycles.